The summed E-state index contributed by atoms with van der Waals surface area (Å²) in [6, 6.07) is 12.9. The minimum atomic E-state index is -0.0134. The fourth-order valence-corrected chi connectivity index (χ4v) is 4.12. The van der Waals surface area contributed by atoms with E-state index in [0.717, 1.165) is 18.4 Å². The second-order valence-corrected chi connectivity index (χ2v) is 7.97. The summed E-state index contributed by atoms with van der Waals surface area (Å²) in [6.07, 6.45) is 2.15. The molecule has 2 atom stereocenters. The molecule has 5 heteroatoms. The van der Waals surface area contributed by atoms with Gasteiger partial charge in [-0.15, -0.1) is 0 Å². The molecule has 2 aromatic carbocycles. The largest absolute Gasteiger partial charge is 0.352 e. The van der Waals surface area contributed by atoms with Gasteiger partial charge in [0.25, 0.3) is 0 Å². The van der Waals surface area contributed by atoms with Crippen LogP contribution in [0.5, 0.6) is 0 Å². The molecular weight excluding hydrogens is 367 g/mol. The zero-order chi connectivity index (χ0) is 18.8. The van der Waals surface area contributed by atoms with Gasteiger partial charge in [-0.2, -0.15) is 0 Å². The molecule has 1 N–H and O–H groups in total. The first-order chi connectivity index (χ1) is 12.4. The van der Waals surface area contributed by atoms with E-state index in [1.54, 1.807) is 6.92 Å². The second-order valence-electron chi connectivity index (χ2n) is 7.16. The quantitative estimate of drug-likeness (QED) is 0.781. The molecular formula is C21H24Cl2N2O. The lowest BCUT2D eigenvalue weighted by Gasteiger charge is -2.36. The van der Waals surface area contributed by atoms with E-state index in [2.05, 4.69) is 48.6 Å². The van der Waals surface area contributed by atoms with Crippen molar-refractivity contribution in [3.05, 3.63) is 68.7 Å². The molecule has 0 saturated heterocycles. The molecule has 0 saturated carbocycles. The van der Waals surface area contributed by atoms with E-state index in [0.29, 0.717) is 28.5 Å². The van der Waals surface area contributed by atoms with Gasteiger partial charge < -0.3 is 10.2 Å². The van der Waals surface area contributed by atoms with Gasteiger partial charge in [-0.3, -0.25) is 4.79 Å². The van der Waals surface area contributed by atoms with Crippen molar-refractivity contribution in [3.8, 4) is 0 Å². The number of nitrogens with one attached hydrogen (secondary N) is 1. The number of nitrogens with zero attached hydrogens (tertiary/aromatic N) is 1. The molecule has 2 unspecified atom stereocenters. The lowest BCUT2D eigenvalue weighted by molar-refractivity contribution is -0.119. The van der Waals surface area contributed by atoms with Crippen molar-refractivity contribution >= 4 is 29.1 Å². The summed E-state index contributed by atoms with van der Waals surface area (Å²) >= 11 is 12.3. The number of hydrogen-bond donors (Lipinski definition) is 1. The van der Waals surface area contributed by atoms with E-state index in [1.807, 2.05) is 12.1 Å². The van der Waals surface area contributed by atoms with Crippen LogP contribution in [0.25, 0.3) is 0 Å². The van der Waals surface area contributed by atoms with Gasteiger partial charge in [0, 0.05) is 25.4 Å². The van der Waals surface area contributed by atoms with E-state index >= 15 is 0 Å². The molecule has 0 spiro atoms. The number of carbonyl (C=O) groups excluding carboxylic acids is 1. The Labute approximate surface area is 165 Å². The van der Waals surface area contributed by atoms with Crippen LogP contribution in [0.15, 0.2) is 36.4 Å². The molecule has 1 amide bonds. The lowest BCUT2D eigenvalue weighted by atomic mass is 9.76. The number of halogens is 2. The molecule has 0 fully saturated rings. The molecule has 138 valence electrons. The third-order valence-corrected chi connectivity index (χ3v) is 5.86. The lowest BCUT2D eigenvalue weighted by Crippen LogP contribution is -2.27. The molecule has 0 radical (unpaired) electrons. The Balaban J connectivity index is 2.00. The maximum Gasteiger partial charge on any atom is 0.217 e. The van der Waals surface area contributed by atoms with Gasteiger partial charge in [0.05, 0.1) is 10.0 Å². The van der Waals surface area contributed by atoms with E-state index in [1.165, 1.54) is 16.7 Å². The number of benzene rings is 2. The van der Waals surface area contributed by atoms with E-state index in [9.17, 15) is 4.79 Å². The molecule has 0 bridgehead atoms. The van der Waals surface area contributed by atoms with Crippen molar-refractivity contribution in [3.63, 3.8) is 0 Å². The van der Waals surface area contributed by atoms with Gasteiger partial charge in [-0.25, -0.2) is 0 Å². The third kappa shape index (κ3) is 4.06. The standard InChI is InChI=1S/C21H24Cl2N2O/c1-13(26)24-12-14-4-6-17-16(15-5-8-19(22)20(23)11-15)7-9-21(25(2)3)18(17)10-14/h4-6,8,10-11,16,21H,7,9,12H2,1-3H3,(H,24,26). The number of carbonyl (C=O) groups is 1. The minimum Gasteiger partial charge on any atom is -0.352 e. The Morgan fingerprint density at radius 3 is 2.50 bits per heavy atom. The molecule has 26 heavy (non-hydrogen) atoms. The van der Waals surface area contributed by atoms with Gasteiger partial charge in [-0.05, 0) is 61.3 Å². The van der Waals surface area contributed by atoms with Crippen LogP contribution in [0.2, 0.25) is 10.0 Å². The first-order valence-corrected chi connectivity index (χ1v) is 9.61. The third-order valence-electron chi connectivity index (χ3n) is 5.13. The van der Waals surface area contributed by atoms with Crippen LogP contribution in [0.3, 0.4) is 0 Å². The SMILES string of the molecule is CC(=O)NCc1ccc2c(c1)C(N(C)C)CCC2c1ccc(Cl)c(Cl)c1. The highest BCUT2D eigenvalue weighted by Gasteiger charge is 2.29. The van der Waals surface area contributed by atoms with Crippen LogP contribution in [0, 0.1) is 0 Å². The Morgan fingerprint density at radius 1 is 1.08 bits per heavy atom. The average Bonchev–Trinajstić information content (AvgIpc) is 2.61. The zero-order valence-corrected chi connectivity index (χ0v) is 16.9. The van der Waals surface area contributed by atoms with Gasteiger partial charge in [0.2, 0.25) is 5.91 Å². The van der Waals surface area contributed by atoms with E-state index < -0.39 is 0 Å². The molecule has 2 aromatic rings. The number of amides is 1. The predicted molar refractivity (Wildman–Crippen MR) is 108 cm³/mol. The summed E-state index contributed by atoms with van der Waals surface area (Å²) < 4.78 is 0. The van der Waals surface area contributed by atoms with Gasteiger partial charge in [0.15, 0.2) is 0 Å². The fraction of sp³-hybridized carbons (Fsp3) is 0.381. The van der Waals surface area contributed by atoms with Gasteiger partial charge in [0.1, 0.15) is 0 Å². The monoisotopic (exact) mass is 390 g/mol. The van der Waals surface area contributed by atoms with Crippen LogP contribution in [-0.4, -0.2) is 24.9 Å². The Morgan fingerprint density at radius 2 is 1.85 bits per heavy atom. The number of fused-ring (bicyclic) bond motifs is 1. The van der Waals surface area contributed by atoms with Crippen LogP contribution < -0.4 is 5.32 Å². The van der Waals surface area contributed by atoms with Gasteiger partial charge >= 0.3 is 0 Å². The highest BCUT2D eigenvalue weighted by molar-refractivity contribution is 6.42. The molecule has 0 aromatic heterocycles. The molecule has 1 aliphatic carbocycles. The highest BCUT2D eigenvalue weighted by Crippen LogP contribution is 2.44. The van der Waals surface area contributed by atoms with Crippen LogP contribution in [-0.2, 0) is 11.3 Å². The van der Waals surface area contributed by atoms with Crippen molar-refractivity contribution in [1.82, 2.24) is 10.2 Å². The smallest absolute Gasteiger partial charge is 0.217 e. The molecule has 3 nitrogen and oxygen atoms in total. The Bertz CT molecular complexity index is 820. The molecule has 0 heterocycles. The first kappa shape index (κ1) is 19.2. The zero-order valence-electron chi connectivity index (χ0n) is 15.4. The summed E-state index contributed by atoms with van der Waals surface area (Å²) in [6.45, 7) is 2.10. The maximum absolute atomic E-state index is 11.2. The summed E-state index contributed by atoms with van der Waals surface area (Å²) in [7, 11) is 4.24. The summed E-state index contributed by atoms with van der Waals surface area (Å²) in [4.78, 5) is 13.5. The second kappa shape index (κ2) is 7.99. The molecule has 0 aliphatic heterocycles. The Hall–Kier alpha value is -1.55. The van der Waals surface area contributed by atoms with E-state index in [4.69, 9.17) is 23.2 Å². The summed E-state index contributed by atoms with van der Waals surface area (Å²) in [5, 5.41) is 4.07. The number of hydrogen-bond acceptors (Lipinski definition) is 2. The fourth-order valence-electron chi connectivity index (χ4n) is 3.81. The molecule has 1 aliphatic rings. The summed E-state index contributed by atoms with van der Waals surface area (Å²) in [5.74, 6) is 0.298. The minimum absolute atomic E-state index is 0.0134. The van der Waals surface area contributed by atoms with E-state index in [-0.39, 0.29) is 5.91 Å². The van der Waals surface area contributed by atoms with Crippen molar-refractivity contribution in [2.24, 2.45) is 0 Å². The summed E-state index contributed by atoms with van der Waals surface area (Å²) in [5.41, 5.74) is 4.99. The van der Waals surface area contributed by atoms with Crippen LogP contribution >= 0.6 is 23.2 Å². The Kier molecular flexibility index (Phi) is 5.91. The highest BCUT2D eigenvalue weighted by atomic mass is 35.5. The topological polar surface area (TPSA) is 32.3 Å². The van der Waals surface area contributed by atoms with Crippen molar-refractivity contribution in [2.75, 3.05) is 14.1 Å². The molecule has 3 rings (SSSR count). The first-order valence-electron chi connectivity index (χ1n) is 8.85. The van der Waals surface area contributed by atoms with Gasteiger partial charge in [-0.1, -0.05) is 47.5 Å². The van der Waals surface area contributed by atoms with Crippen molar-refractivity contribution in [2.45, 2.75) is 38.3 Å². The normalized spacial score (nSPS) is 19.3. The van der Waals surface area contributed by atoms with Crippen molar-refractivity contribution in [1.29, 1.82) is 0 Å². The predicted octanol–water partition coefficient (Wildman–Crippen LogP) is 5.16. The number of rotatable bonds is 4. The maximum atomic E-state index is 11.2. The average molecular weight is 391 g/mol. The van der Waals surface area contributed by atoms with Crippen LogP contribution in [0.4, 0.5) is 0 Å². The van der Waals surface area contributed by atoms with Crippen LogP contribution in [0.1, 0.15) is 54.0 Å². The van der Waals surface area contributed by atoms with Crippen molar-refractivity contribution < 1.29 is 4.79 Å².